The first kappa shape index (κ1) is 20.2. The van der Waals surface area contributed by atoms with Crippen molar-refractivity contribution in [1.29, 1.82) is 0 Å². The molecule has 32 heavy (non-hydrogen) atoms. The number of amides is 1. The van der Waals surface area contributed by atoms with Crippen molar-refractivity contribution >= 4 is 23.5 Å². The molecule has 1 fully saturated rings. The first-order valence-electron chi connectivity index (χ1n) is 10.9. The topological polar surface area (TPSA) is 97.5 Å². The predicted molar refractivity (Wildman–Crippen MR) is 124 cm³/mol. The van der Waals surface area contributed by atoms with E-state index in [1.54, 1.807) is 24.3 Å². The molecule has 2 aromatic heterocycles. The van der Waals surface area contributed by atoms with Crippen LogP contribution in [-0.2, 0) is 17.8 Å². The number of methoxy groups -OCH3 is 1. The van der Waals surface area contributed by atoms with Gasteiger partial charge in [-0.05, 0) is 49.1 Å². The van der Waals surface area contributed by atoms with Crippen LogP contribution in [0.2, 0.25) is 0 Å². The number of anilines is 3. The quantitative estimate of drug-likeness (QED) is 0.664. The summed E-state index contributed by atoms with van der Waals surface area (Å²) in [5, 5.41) is 0. The average Bonchev–Trinajstić information content (AvgIpc) is 3.15. The molecular weight excluding hydrogens is 404 g/mol. The molecule has 0 bridgehead atoms. The molecule has 164 valence electrons. The maximum atomic E-state index is 13.1. The van der Waals surface area contributed by atoms with Gasteiger partial charge in [0.15, 0.2) is 0 Å². The lowest BCUT2D eigenvalue weighted by Gasteiger charge is -2.28. The molecule has 0 aliphatic carbocycles. The number of nitrogens with zero attached hydrogens (tertiary/aromatic N) is 5. The second kappa shape index (κ2) is 8.45. The van der Waals surface area contributed by atoms with Crippen LogP contribution in [0.5, 0.6) is 5.75 Å². The maximum Gasteiger partial charge on any atom is 0.233 e. The van der Waals surface area contributed by atoms with Gasteiger partial charge >= 0.3 is 0 Å². The first-order valence-corrected chi connectivity index (χ1v) is 10.9. The van der Waals surface area contributed by atoms with Gasteiger partial charge in [-0.15, -0.1) is 0 Å². The molecule has 3 aromatic rings. The van der Waals surface area contributed by atoms with Crippen molar-refractivity contribution in [2.75, 3.05) is 35.7 Å². The van der Waals surface area contributed by atoms with Gasteiger partial charge in [0.2, 0.25) is 11.9 Å². The van der Waals surface area contributed by atoms with Crippen LogP contribution < -0.4 is 20.3 Å². The van der Waals surface area contributed by atoms with Gasteiger partial charge < -0.3 is 15.4 Å². The van der Waals surface area contributed by atoms with E-state index in [9.17, 15) is 4.79 Å². The van der Waals surface area contributed by atoms with Crippen LogP contribution in [0.25, 0.3) is 11.3 Å². The highest BCUT2D eigenvalue weighted by Gasteiger charge is 2.34. The van der Waals surface area contributed by atoms with E-state index in [0.29, 0.717) is 24.1 Å². The Morgan fingerprint density at radius 2 is 1.81 bits per heavy atom. The zero-order valence-corrected chi connectivity index (χ0v) is 18.1. The Balaban J connectivity index is 1.57. The highest BCUT2D eigenvalue weighted by atomic mass is 16.5. The lowest BCUT2D eigenvalue weighted by molar-refractivity contribution is -0.117. The van der Waals surface area contributed by atoms with E-state index in [1.165, 1.54) is 6.42 Å². The minimum absolute atomic E-state index is 0.0190. The number of benzene rings is 1. The standard InChI is InChI=1S/C24H26N6O2/c1-32-18-8-5-16(6-9-18)15-30-21(31)13-19-22(17-7-10-20(25)26-14-17)27-24(28-23(19)30)29-11-3-2-4-12-29/h5-10,14H,2-4,11-13,15H2,1H3,(H2,25,26). The van der Waals surface area contributed by atoms with Crippen molar-refractivity contribution < 1.29 is 9.53 Å². The summed E-state index contributed by atoms with van der Waals surface area (Å²) in [5.74, 6) is 2.62. The highest BCUT2D eigenvalue weighted by molar-refractivity contribution is 6.02. The van der Waals surface area contributed by atoms with Gasteiger partial charge in [-0.2, -0.15) is 4.98 Å². The van der Waals surface area contributed by atoms with Crippen LogP contribution in [0.15, 0.2) is 42.6 Å². The van der Waals surface area contributed by atoms with Gasteiger partial charge in [0.25, 0.3) is 0 Å². The minimum atomic E-state index is 0.0190. The van der Waals surface area contributed by atoms with Gasteiger partial charge in [-0.1, -0.05) is 12.1 Å². The van der Waals surface area contributed by atoms with Crippen molar-refractivity contribution in [3.63, 3.8) is 0 Å². The Labute approximate surface area is 187 Å². The molecule has 0 spiro atoms. The number of fused-ring (bicyclic) bond motifs is 1. The molecule has 5 rings (SSSR count). The number of aromatic nitrogens is 3. The van der Waals surface area contributed by atoms with E-state index in [2.05, 4.69) is 9.88 Å². The smallest absolute Gasteiger partial charge is 0.233 e. The number of rotatable bonds is 5. The lowest BCUT2D eigenvalue weighted by atomic mass is 10.1. The first-order chi connectivity index (χ1) is 15.6. The number of nitrogens with two attached hydrogens (primary N) is 1. The SMILES string of the molecule is COc1ccc(CN2C(=O)Cc3c(-c4ccc(N)nc4)nc(N4CCCCC4)nc32)cc1. The molecule has 1 amide bonds. The van der Waals surface area contributed by atoms with Gasteiger partial charge in [-0.25, -0.2) is 9.97 Å². The molecular formula is C24H26N6O2. The summed E-state index contributed by atoms with van der Waals surface area (Å²) >= 11 is 0. The van der Waals surface area contributed by atoms with Gasteiger partial charge in [0.1, 0.15) is 17.4 Å². The normalized spacial score (nSPS) is 15.7. The summed E-state index contributed by atoms with van der Waals surface area (Å²) in [4.78, 5) is 31.1. The molecule has 0 unspecified atom stereocenters. The van der Waals surface area contributed by atoms with E-state index in [4.69, 9.17) is 20.4 Å². The summed E-state index contributed by atoms with van der Waals surface area (Å²) in [6.45, 7) is 2.29. The molecule has 0 radical (unpaired) electrons. The molecule has 0 saturated carbocycles. The molecule has 1 aromatic carbocycles. The predicted octanol–water partition coefficient (Wildman–Crippen LogP) is 3.21. The molecule has 8 nitrogen and oxygen atoms in total. The lowest BCUT2D eigenvalue weighted by Crippen LogP contribution is -2.32. The zero-order chi connectivity index (χ0) is 22.1. The largest absolute Gasteiger partial charge is 0.497 e. The zero-order valence-electron chi connectivity index (χ0n) is 18.1. The van der Waals surface area contributed by atoms with Crippen molar-refractivity contribution in [2.24, 2.45) is 0 Å². The van der Waals surface area contributed by atoms with Crippen molar-refractivity contribution in [1.82, 2.24) is 15.0 Å². The molecule has 2 aliphatic rings. The fourth-order valence-electron chi connectivity index (χ4n) is 4.31. The number of nitrogen functional groups attached to an aromatic ring is 1. The van der Waals surface area contributed by atoms with Gasteiger partial charge in [-0.3, -0.25) is 9.69 Å². The second-order valence-corrected chi connectivity index (χ2v) is 8.20. The van der Waals surface area contributed by atoms with Crippen LogP contribution in [0, 0.1) is 0 Å². The Kier molecular flexibility index (Phi) is 5.34. The Morgan fingerprint density at radius 1 is 1.03 bits per heavy atom. The van der Waals surface area contributed by atoms with Crippen LogP contribution in [0.4, 0.5) is 17.6 Å². The summed E-state index contributed by atoms with van der Waals surface area (Å²) in [7, 11) is 1.64. The van der Waals surface area contributed by atoms with Crippen molar-refractivity contribution in [3.05, 3.63) is 53.7 Å². The Bertz CT molecular complexity index is 1120. The van der Waals surface area contributed by atoms with Crippen LogP contribution in [0.1, 0.15) is 30.4 Å². The monoisotopic (exact) mass is 430 g/mol. The maximum absolute atomic E-state index is 13.1. The number of pyridine rings is 1. The fraction of sp³-hybridized carbons (Fsp3) is 0.333. The van der Waals surface area contributed by atoms with E-state index in [1.807, 2.05) is 30.3 Å². The summed E-state index contributed by atoms with van der Waals surface area (Å²) in [6.07, 6.45) is 5.44. The summed E-state index contributed by atoms with van der Waals surface area (Å²) < 4.78 is 5.25. The van der Waals surface area contributed by atoms with Crippen molar-refractivity contribution in [3.8, 4) is 17.0 Å². The van der Waals surface area contributed by atoms with Gasteiger partial charge in [0, 0.05) is 30.4 Å². The fourth-order valence-corrected chi connectivity index (χ4v) is 4.31. The number of hydrogen-bond donors (Lipinski definition) is 1. The molecule has 0 atom stereocenters. The van der Waals surface area contributed by atoms with Crippen molar-refractivity contribution in [2.45, 2.75) is 32.2 Å². The third kappa shape index (κ3) is 3.84. The van der Waals surface area contributed by atoms with Crippen LogP contribution in [0.3, 0.4) is 0 Å². The molecule has 2 aliphatic heterocycles. The third-order valence-corrected chi connectivity index (χ3v) is 6.06. The Morgan fingerprint density at radius 3 is 2.50 bits per heavy atom. The third-order valence-electron chi connectivity index (χ3n) is 6.06. The van der Waals surface area contributed by atoms with Crippen LogP contribution >= 0.6 is 0 Å². The van der Waals surface area contributed by atoms with E-state index >= 15 is 0 Å². The number of carbonyl (C=O) groups excluding carboxylic acids is 1. The minimum Gasteiger partial charge on any atom is -0.497 e. The van der Waals surface area contributed by atoms with E-state index < -0.39 is 0 Å². The Hall–Kier alpha value is -3.68. The summed E-state index contributed by atoms with van der Waals surface area (Å²) in [5.41, 5.74) is 9.25. The van der Waals surface area contributed by atoms with E-state index in [-0.39, 0.29) is 12.3 Å². The van der Waals surface area contributed by atoms with Crippen LogP contribution in [-0.4, -0.2) is 41.1 Å². The number of piperidine rings is 1. The molecule has 8 heteroatoms. The number of hydrogen-bond acceptors (Lipinski definition) is 7. The second-order valence-electron chi connectivity index (χ2n) is 8.20. The van der Waals surface area contributed by atoms with Gasteiger partial charge in [0.05, 0.1) is 25.8 Å². The molecule has 1 saturated heterocycles. The number of ether oxygens (including phenoxy) is 1. The highest BCUT2D eigenvalue weighted by Crippen LogP contribution is 2.37. The molecule has 2 N–H and O–H groups in total. The molecule has 4 heterocycles. The van der Waals surface area contributed by atoms with E-state index in [0.717, 1.165) is 54.1 Å². The summed E-state index contributed by atoms with van der Waals surface area (Å²) in [6, 6.07) is 11.4. The number of carbonyl (C=O) groups is 1. The average molecular weight is 431 g/mol.